The van der Waals surface area contributed by atoms with Gasteiger partial charge in [0, 0.05) is 18.6 Å². The highest BCUT2D eigenvalue weighted by atomic mass is 32.2. The van der Waals surface area contributed by atoms with E-state index in [0.717, 1.165) is 0 Å². The van der Waals surface area contributed by atoms with Crippen molar-refractivity contribution in [3.05, 3.63) is 0 Å². The number of carbonyl (C=O) groups excluding carboxylic acids is 3. The van der Waals surface area contributed by atoms with E-state index in [2.05, 4.69) is 5.32 Å². The van der Waals surface area contributed by atoms with Gasteiger partial charge >= 0.3 is 5.97 Å². The van der Waals surface area contributed by atoms with Crippen LogP contribution in [0.15, 0.2) is 0 Å². The summed E-state index contributed by atoms with van der Waals surface area (Å²) in [4.78, 5) is 43.3. The molecule has 0 unspecified atom stereocenters. The molecule has 3 amide bonds. The maximum absolute atomic E-state index is 11.4. The minimum absolute atomic E-state index is 0.0508. The Kier molecular flexibility index (Phi) is 8.34. The molecular weight excluding hydrogens is 274 g/mol. The van der Waals surface area contributed by atoms with Crippen molar-refractivity contribution >= 4 is 35.5 Å². The van der Waals surface area contributed by atoms with Crippen LogP contribution in [0.4, 0.5) is 0 Å². The molecule has 0 spiro atoms. The summed E-state index contributed by atoms with van der Waals surface area (Å²) in [5, 5.41) is 11.1. The molecule has 0 aromatic rings. The van der Waals surface area contributed by atoms with Crippen LogP contribution in [-0.4, -0.2) is 46.3 Å². The number of amides is 3. The molecule has 6 N–H and O–H groups in total. The summed E-state index contributed by atoms with van der Waals surface area (Å²) < 4.78 is 0. The molecule has 0 fully saturated rings. The third-order valence-electron chi connectivity index (χ3n) is 2.03. The first-order chi connectivity index (χ1) is 8.82. The summed E-state index contributed by atoms with van der Waals surface area (Å²) in [5.41, 5.74) is 9.82. The molecule has 0 aliphatic rings. The third-order valence-corrected chi connectivity index (χ3v) is 3.01. The number of primary amides is 2. The lowest BCUT2D eigenvalue weighted by Gasteiger charge is -2.13. The number of hydrogen-bond donors (Lipinski definition) is 4. The van der Waals surface area contributed by atoms with E-state index in [1.807, 2.05) is 0 Å². The molecule has 1 atom stereocenters. The van der Waals surface area contributed by atoms with E-state index in [0.29, 0.717) is 5.75 Å². The molecule has 9 heteroatoms. The molecule has 0 aliphatic heterocycles. The van der Waals surface area contributed by atoms with Gasteiger partial charge in [-0.15, -0.1) is 0 Å². The van der Waals surface area contributed by atoms with Crippen molar-refractivity contribution in [2.75, 3.05) is 11.5 Å². The van der Waals surface area contributed by atoms with Crippen LogP contribution in [0.5, 0.6) is 0 Å². The molecular formula is C10H17N3O5S. The highest BCUT2D eigenvalue weighted by Crippen LogP contribution is 2.03. The van der Waals surface area contributed by atoms with Gasteiger partial charge < -0.3 is 21.9 Å². The molecule has 0 aromatic heterocycles. The average molecular weight is 291 g/mol. The first kappa shape index (κ1) is 17.2. The van der Waals surface area contributed by atoms with Crippen molar-refractivity contribution in [3.63, 3.8) is 0 Å². The zero-order valence-electron chi connectivity index (χ0n) is 10.3. The van der Waals surface area contributed by atoms with Crippen molar-refractivity contribution in [2.24, 2.45) is 11.5 Å². The van der Waals surface area contributed by atoms with Gasteiger partial charge in [-0.1, -0.05) is 0 Å². The van der Waals surface area contributed by atoms with E-state index in [9.17, 15) is 19.2 Å². The van der Waals surface area contributed by atoms with Crippen LogP contribution in [0.1, 0.15) is 19.3 Å². The van der Waals surface area contributed by atoms with Gasteiger partial charge in [-0.2, -0.15) is 11.8 Å². The molecule has 0 heterocycles. The maximum Gasteiger partial charge on any atom is 0.326 e. The van der Waals surface area contributed by atoms with E-state index in [-0.39, 0.29) is 25.0 Å². The highest BCUT2D eigenvalue weighted by molar-refractivity contribution is 7.99. The molecule has 0 saturated carbocycles. The number of nitrogens with two attached hydrogens (primary N) is 2. The second-order valence-corrected chi connectivity index (χ2v) is 4.84. The van der Waals surface area contributed by atoms with Crippen LogP contribution in [0, 0.1) is 0 Å². The summed E-state index contributed by atoms with van der Waals surface area (Å²) in [5.74, 6) is -2.32. The summed E-state index contributed by atoms with van der Waals surface area (Å²) in [6.07, 6.45) is -0.100. The number of thioether (sulfide) groups is 1. The van der Waals surface area contributed by atoms with Gasteiger partial charge in [0.25, 0.3) is 0 Å². The first-order valence-electron chi connectivity index (χ1n) is 5.49. The number of carbonyl (C=O) groups is 4. The number of rotatable bonds is 10. The fourth-order valence-corrected chi connectivity index (χ4v) is 1.82. The molecule has 108 valence electrons. The normalized spacial score (nSPS) is 11.6. The first-order valence-corrected chi connectivity index (χ1v) is 6.65. The summed E-state index contributed by atoms with van der Waals surface area (Å²) in [6, 6.07) is -1.14. The molecule has 0 bridgehead atoms. The largest absolute Gasteiger partial charge is 0.480 e. The number of aliphatic carboxylic acids is 1. The topological polar surface area (TPSA) is 153 Å². The molecule has 0 aliphatic carbocycles. The lowest BCUT2D eigenvalue weighted by molar-refractivity contribution is -0.142. The van der Waals surface area contributed by atoms with Crippen molar-refractivity contribution in [1.82, 2.24) is 5.32 Å². The molecule has 8 nitrogen and oxygen atoms in total. The zero-order chi connectivity index (χ0) is 14.8. The molecule has 0 saturated heterocycles. The van der Waals surface area contributed by atoms with Gasteiger partial charge in [-0.3, -0.25) is 14.4 Å². The Morgan fingerprint density at radius 1 is 1.11 bits per heavy atom. The van der Waals surface area contributed by atoms with Crippen molar-refractivity contribution in [1.29, 1.82) is 0 Å². The SMILES string of the molecule is NC(=O)CC[C@@H](NC(=O)CCSCC(N)=O)C(=O)O. The van der Waals surface area contributed by atoms with Crippen LogP contribution in [-0.2, 0) is 19.2 Å². The molecule has 0 radical (unpaired) electrons. The summed E-state index contributed by atoms with van der Waals surface area (Å²) in [7, 11) is 0. The predicted octanol–water partition coefficient (Wildman–Crippen LogP) is -1.57. The fraction of sp³-hybridized carbons (Fsp3) is 0.600. The number of carboxylic acids is 1. The average Bonchev–Trinajstić information content (AvgIpc) is 2.29. The third kappa shape index (κ3) is 9.89. The second kappa shape index (κ2) is 9.20. The number of nitrogens with one attached hydrogen (secondary N) is 1. The monoisotopic (exact) mass is 291 g/mol. The Morgan fingerprint density at radius 3 is 2.21 bits per heavy atom. The number of carboxylic acid groups (broad SMARTS) is 1. The summed E-state index contributed by atoms with van der Waals surface area (Å²) >= 11 is 1.19. The van der Waals surface area contributed by atoms with Crippen LogP contribution < -0.4 is 16.8 Å². The molecule has 19 heavy (non-hydrogen) atoms. The van der Waals surface area contributed by atoms with Gasteiger partial charge in [-0.25, -0.2) is 4.79 Å². The minimum Gasteiger partial charge on any atom is -0.480 e. The van der Waals surface area contributed by atoms with E-state index < -0.39 is 29.7 Å². The van der Waals surface area contributed by atoms with Crippen molar-refractivity contribution < 1.29 is 24.3 Å². The van der Waals surface area contributed by atoms with Crippen LogP contribution in [0.3, 0.4) is 0 Å². The highest BCUT2D eigenvalue weighted by Gasteiger charge is 2.20. The van der Waals surface area contributed by atoms with Gasteiger partial charge in [0.05, 0.1) is 5.75 Å². The van der Waals surface area contributed by atoms with Crippen molar-refractivity contribution in [2.45, 2.75) is 25.3 Å². The van der Waals surface area contributed by atoms with Gasteiger partial charge in [-0.05, 0) is 6.42 Å². The van der Waals surface area contributed by atoms with Crippen LogP contribution in [0.25, 0.3) is 0 Å². The number of hydrogen-bond acceptors (Lipinski definition) is 5. The van der Waals surface area contributed by atoms with Gasteiger partial charge in [0.1, 0.15) is 6.04 Å². The molecule has 0 rings (SSSR count). The minimum atomic E-state index is -1.22. The lowest BCUT2D eigenvalue weighted by Crippen LogP contribution is -2.41. The second-order valence-electron chi connectivity index (χ2n) is 3.73. The predicted molar refractivity (Wildman–Crippen MR) is 69.1 cm³/mol. The Labute approximate surface area is 114 Å². The zero-order valence-corrected chi connectivity index (χ0v) is 11.1. The van der Waals surface area contributed by atoms with Gasteiger partial charge in [0.2, 0.25) is 17.7 Å². The Balaban J connectivity index is 3.99. The van der Waals surface area contributed by atoms with Gasteiger partial charge in [0.15, 0.2) is 0 Å². The van der Waals surface area contributed by atoms with E-state index in [1.165, 1.54) is 11.8 Å². The van der Waals surface area contributed by atoms with Crippen molar-refractivity contribution in [3.8, 4) is 0 Å². The Morgan fingerprint density at radius 2 is 1.74 bits per heavy atom. The standard InChI is InChI=1S/C10H17N3O5S/c11-7(14)2-1-6(10(17)18)13-9(16)3-4-19-5-8(12)15/h6H,1-5H2,(H2,11,14)(H2,12,15)(H,13,16)(H,17,18)/t6-/m1/s1. The van der Waals surface area contributed by atoms with E-state index >= 15 is 0 Å². The Bertz CT molecular complexity index is 361. The summed E-state index contributed by atoms with van der Waals surface area (Å²) in [6.45, 7) is 0. The maximum atomic E-state index is 11.4. The lowest BCUT2D eigenvalue weighted by atomic mass is 10.1. The Hall–Kier alpha value is -1.77. The smallest absolute Gasteiger partial charge is 0.326 e. The fourth-order valence-electron chi connectivity index (χ4n) is 1.15. The quantitative estimate of drug-likeness (QED) is 0.357. The van der Waals surface area contributed by atoms with E-state index in [1.54, 1.807) is 0 Å². The van der Waals surface area contributed by atoms with Crippen LogP contribution >= 0.6 is 11.8 Å². The van der Waals surface area contributed by atoms with E-state index in [4.69, 9.17) is 16.6 Å². The molecule has 0 aromatic carbocycles. The van der Waals surface area contributed by atoms with Crippen LogP contribution in [0.2, 0.25) is 0 Å².